The van der Waals surface area contributed by atoms with E-state index in [-0.39, 0.29) is 10.9 Å². The molecule has 30 heavy (non-hydrogen) atoms. The molecule has 0 amide bonds. The van der Waals surface area contributed by atoms with Crippen molar-refractivity contribution in [3.05, 3.63) is 71.2 Å². The summed E-state index contributed by atoms with van der Waals surface area (Å²) in [4.78, 5) is 0.239. The molecule has 4 nitrogen and oxygen atoms in total. The predicted octanol–water partition coefficient (Wildman–Crippen LogP) is 6.12. The zero-order valence-electron chi connectivity index (χ0n) is 16.9. The van der Waals surface area contributed by atoms with Crippen molar-refractivity contribution in [3.63, 3.8) is 0 Å². The average Bonchev–Trinajstić information content (AvgIpc) is 2.71. The minimum absolute atomic E-state index is 0.223. The molecule has 0 aliphatic rings. The first kappa shape index (κ1) is 20.8. The summed E-state index contributed by atoms with van der Waals surface area (Å²) in [5.74, 6) is 0.627. The Kier molecular flexibility index (Phi) is 5.57. The summed E-state index contributed by atoms with van der Waals surface area (Å²) in [5.41, 5.74) is 1.41. The van der Waals surface area contributed by atoms with Gasteiger partial charge in [-0.3, -0.25) is 0 Å². The van der Waals surface area contributed by atoms with E-state index in [4.69, 9.17) is 4.74 Å². The van der Waals surface area contributed by atoms with Gasteiger partial charge in [0.05, 0.1) is 12.0 Å². The van der Waals surface area contributed by atoms with Crippen molar-refractivity contribution in [2.45, 2.75) is 24.8 Å². The van der Waals surface area contributed by atoms with Crippen molar-refractivity contribution in [3.8, 4) is 16.9 Å². The third-order valence-electron chi connectivity index (χ3n) is 4.98. The molecule has 0 aliphatic carbocycles. The number of rotatable bonds is 5. The molecule has 0 unspecified atom stereocenters. The molecule has 4 aromatic rings. The Hall–Kier alpha value is -2.41. The number of nitrogens with one attached hydrogen (secondary N) is 1. The van der Waals surface area contributed by atoms with Gasteiger partial charge in [0.25, 0.3) is 0 Å². The van der Waals surface area contributed by atoms with E-state index in [1.54, 1.807) is 13.2 Å². The van der Waals surface area contributed by atoms with Crippen LogP contribution in [0, 0.1) is 0 Å². The molecule has 154 valence electrons. The molecule has 0 heterocycles. The van der Waals surface area contributed by atoms with Gasteiger partial charge in [0, 0.05) is 21.6 Å². The van der Waals surface area contributed by atoms with Gasteiger partial charge in [-0.1, -0.05) is 58.4 Å². The maximum atomic E-state index is 13.3. The van der Waals surface area contributed by atoms with Crippen LogP contribution in [0.4, 0.5) is 0 Å². The maximum Gasteiger partial charge on any atom is 0.241 e. The van der Waals surface area contributed by atoms with Crippen LogP contribution in [-0.4, -0.2) is 21.6 Å². The van der Waals surface area contributed by atoms with Crippen molar-refractivity contribution < 1.29 is 13.2 Å². The van der Waals surface area contributed by atoms with Gasteiger partial charge in [-0.25, -0.2) is 13.1 Å². The third-order valence-corrected chi connectivity index (χ3v) is 7.18. The van der Waals surface area contributed by atoms with Crippen molar-refractivity contribution >= 4 is 47.5 Å². The second-order valence-corrected chi connectivity index (χ2v) is 10.0. The summed E-state index contributed by atoms with van der Waals surface area (Å²) in [7, 11) is -2.14. The van der Waals surface area contributed by atoms with Gasteiger partial charge < -0.3 is 4.74 Å². The fraction of sp³-hybridized carbons (Fsp3) is 0.167. The molecule has 0 fully saturated rings. The third kappa shape index (κ3) is 3.71. The van der Waals surface area contributed by atoms with Crippen LogP contribution in [-0.2, 0) is 10.0 Å². The summed E-state index contributed by atoms with van der Waals surface area (Å²) >= 11 is 3.52. The normalized spacial score (nSPS) is 12.0. The predicted molar refractivity (Wildman–Crippen MR) is 127 cm³/mol. The van der Waals surface area contributed by atoms with E-state index in [0.717, 1.165) is 31.6 Å². The van der Waals surface area contributed by atoms with Gasteiger partial charge >= 0.3 is 0 Å². The highest BCUT2D eigenvalue weighted by Gasteiger charge is 2.25. The lowest BCUT2D eigenvalue weighted by molar-refractivity contribution is 0.417. The Morgan fingerprint density at radius 1 is 0.867 bits per heavy atom. The van der Waals surface area contributed by atoms with Crippen LogP contribution in [0.5, 0.6) is 5.75 Å². The van der Waals surface area contributed by atoms with Crippen molar-refractivity contribution in [2.24, 2.45) is 0 Å². The van der Waals surface area contributed by atoms with Crippen LogP contribution in [0.2, 0.25) is 0 Å². The van der Waals surface area contributed by atoms with E-state index in [2.05, 4.69) is 20.7 Å². The Labute approximate surface area is 185 Å². The molecule has 0 atom stereocenters. The van der Waals surface area contributed by atoms with E-state index in [1.807, 2.05) is 74.5 Å². The smallest absolute Gasteiger partial charge is 0.241 e. The van der Waals surface area contributed by atoms with Crippen LogP contribution in [0.25, 0.3) is 32.7 Å². The van der Waals surface area contributed by atoms with Crippen LogP contribution in [0.3, 0.4) is 0 Å². The molecule has 4 rings (SSSR count). The molecule has 1 N–H and O–H groups in total. The number of sulfonamides is 1. The minimum Gasteiger partial charge on any atom is -0.496 e. The lowest BCUT2D eigenvalue weighted by atomic mass is 9.93. The van der Waals surface area contributed by atoms with Crippen molar-refractivity contribution in [1.29, 1.82) is 0 Å². The largest absolute Gasteiger partial charge is 0.496 e. The number of methoxy groups -OCH3 is 1. The fourth-order valence-corrected chi connectivity index (χ4v) is 5.67. The monoisotopic (exact) mass is 483 g/mol. The van der Waals surface area contributed by atoms with Gasteiger partial charge in [-0.2, -0.15) is 0 Å². The summed E-state index contributed by atoms with van der Waals surface area (Å²) < 4.78 is 36.0. The Bertz CT molecular complexity index is 1360. The molecular weight excluding hydrogens is 462 g/mol. The van der Waals surface area contributed by atoms with Gasteiger partial charge in [-0.05, 0) is 59.7 Å². The maximum absolute atomic E-state index is 13.3. The average molecular weight is 484 g/mol. The zero-order chi connectivity index (χ0) is 21.5. The van der Waals surface area contributed by atoms with Gasteiger partial charge in [0.2, 0.25) is 10.0 Å². The van der Waals surface area contributed by atoms with E-state index in [1.165, 1.54) is 0 Å². The minimum atomic E-state index is -3.75. The second-order valence-electron chi connectivity index (χ2n) is 7.44. The highest BCUT2D eigenvalue weighted by Crippen LogP contribution is 2.44. The molecule has 6 heteroatoms. The molecule has 0 bridgehead atoms. The second kappa shape index (κ2) is 8.02. The molecule has 0 saturated carbocycles. The van der Waals surface area contributed by atoms with E-state index in [0.29, 0.717) is 11.3 Å². The number of benzene rings is 4. The quantitative estimate of drug-likeness (QED) is 0.372. The van der Waals surface area contributed by atoms with Gasteiger partial charge in [-0.15, -0.1) is 0 Å². The molecule has 0 radical (unpaired) electrons. The number of fused-ring (bicyclic) bond motifs is 2. The molecule has 0 spiro atoms. The summed E-state index contributed by atoms with van der Waals surface area (Å²) in [6.07, 6.45) is 0. The van der Waals surface area contributed by atoms with E-state index in [9.17, 15) is 8.42 Å². The molecule has 0 aromatic heterocycles. The van der Waals surface area contributed by atoms with Crippen molar-refractivity contribution in [1.82, 2.24) is 4.72 Å². The first-order valence-electron chi connectivity index (χ1n) is 9.62. The summed E-state index contributed by atoms with van der Waals surface area (Å²) in [6.45, 7) is 3.63. The van der Waals surface area contributed by atoms with E-state index < -0.39 is 10.0 Å². The number of hydrogen-bond donors (Lipinski definition) is 1. The number of ether oxygens (including phenoxy) is 1. The lowest BCUT2D eigenvalue weighted by Gasteiger charge is -2.19. The number of hydrogen-bond acceptors (Lipinski definition) is 3. The topological polar surface area (TPSA) is 55.4 Å². The molecule has 4 aromatic carbocycles. The van der Waals surface area contributed by atoms with Crippen LogP contribution in [0.15, 0.2) is 76.1 Å². The Morgan fingerprint density at radius 3 is 2.30 bits per heavy atom. The van der Waals surface area contributed by atoms with Gasteiger partial charge in [0.1, 0.15) is 5.75 Å². The Balaban J connectivity index is 2.19. The van der Waals surface area contributed by atoms with Gasteiger partial charge in [0.15, 0.2) is 0 Å². The van der Waals surface area contributed by atoms with Crippen LogP contribution >= 0.6 is 15.9 Å². The summed E-state index contributed by atoms with van der Waals surface area (Å²) in [6, 6.07) is 20.9. The highest BCUT2D eigenvalue weighted by atomic mass is 79.9. The summed E-state index contributed by atoms with van der Waals surface area (Å²) in [5, 5.41) is 3.74. The highest BCUT2D eigenvalue weighted by molar-refractivity contribution is 9.10. The molecule has 0 saturated heterocycles. The molecular formula is C24H22BrNO3S. The van der Waals surface area contributed by atoms with Crippen LogP contribution in [0.1, 0.15) is 13.8 Å². The van der Waals surface area contributed by atoms with E-state index >= 15 is 0 Å². The van der Waals surface area contributed by atoms with Crippen molar-refractivity contribution in [2.75, 3.05) is 7.11 Å². The standard InChI is InChI=1S/C24H22BrNO3S/c1-15(2)26-30(27,28)22-13-9-16-6-4-5-7-19(16)24(22)23-20-11-10-18(25)14-17(20)8-12-21(23)29-3/h4-15,26H,1-3H3. The number of halogens is 1. The lowest BCUT2D eigenvalue weighted by Crippen LogP contribution is -2.30. The SMILES string of the molecule is COc1ccc2cc(Br)ccc2c1-c1c(S(=O)(=O)NC(C)C)ccc2ccccc12. The fourth-order valence-electron chi connectivity index (χ4n) is 3.82. The first-order chi connectivity index (χ1) is 14.3. The molecule has 0 aliphatic heterocycles. The zero-order valence-corrected chi connectivity index (χ0v) is 19.3. The Morgan fingerprint density at radius 2 is 1.57 bits per heavy atom. The first-order valence-corrected chi connectivity index (χ1v) is 11.9. The van der Waals surface area contributed by atoms with Crippen LogP contribution < -0.4 is 9.46 Å².